The quantitative estimate of drug-likeness (QED) is 0.630. The van der Waals surface area contributed by atoms with Crippen molar-refractivity contribution < 1.29 is 9.18 Å². The van der Waals surface area contributed by atoms with E-state index in [1.54, 1.807) is 12.1 Å². The maximum Gasteiger partial charge on any atom is 0.264 e. The summed E-state index contributed by atoms with van der Waals surface area (Å²) in [5.41, 5.74) is 2.65. The number of anilines is 1. The Morgan fingerprint density at radius 1 is 1.19 bits per heavy atom. The minimum atomic E-state index is -0.318. The molecule has 0 aliphatic carbocycles. The largest absolute Gasteiger partial charge is 0.371 e. The first-order valence-electron chi connectivity index (χ1n) is 8.59. The lowest BCUT2D eigenvalue weighted by molar-refractivity contribution is -0.115. The summed E-state index contributed by atoms with van der Waals surface area (Å²) in [5, 5.41) is 3.22. The number of rotatable bonds is 5. The number of hydrogen-bond acceptors (Lipinski definition) is 4. The Morgan fingerprint density at radius 2 is 1.89 bits per heavy atom. The van der Waals surface area contributed by atoms with Crippen LogP contribution in [0.5, 0.6) is 0 Å². The first-order valence-corrected chi connectivity index (χ1v) is 10.2. The van der Waals surface area contributed by atoms with E-state index in [1.807, 2.05) is 18.2 Å². The third-order valence-electron chi connectivity index (χ3n) is 4.08. The smallest absolute Gasteiger partial charge is 0.264 e. The van der Waals surface area contributed by atoms with Gasteiger partial charge in [0.2, 0.25) is 0 Å². The van der Waals surface area contributed by atoms with Gasteiger partial charge in [-0.25, -0.2) is 9.38 Å². The Hall–Kier alpha value is -2.12. The molecule has 1 aliphatic heterocycles. The zero-order valence-corrected chi connectivity index (χ0v) is 17.4. The fraction of sp³-hybridized carbons (Fsp3) is 0.200. The van der Waals surface area contributed by atoms with Crippen LogP contribution in [-0.4, -0.2) is 24.2 Å². The van der Waals surface area contributed by atoms with Gasteiger partial charge in [-0.05, 0) is 89.6 Å². The van der Waals surface area contributed by atoms with Gasteiger partial charge >= 0.3 is 0 Å². The predicted molar refractivity (Wildman–Crippen MR) is 115 cm³/mol. The number of carbonyl (C=O) groups is 1. The lowest BCUT2D eigenvalue weighted by Gasteiger charge is -2.22. The van der Waals surface area contributed by atoms with Crippen LogP contribution < -0.4 is 10.2 Å². The zero-order chi connectivity index (χ0) is 19.4. The Bertz CT molecular complexity index is 908. The SMILES string of the molecule is CCN(CC)c1ccc(/C=C2/SC(=Nc3ccc(F)cc3)NC2=O)cc1Br. The molecule has 1 amide bonds. The van der Waals surface area contributed by atoms with Crippen LogP contribution in [0.15, 0.2) is 56.8 Å². The monoisotopic (exact) mass is 447 g/mol. The third-order valence-corrected chi connectivity index (χ3v) is 5.63. The highest BCUT2D eigenvalue weighted by molar-refractivity contribution is 9.10. The van der Waals surface area contributed by atoms with E-state index in [1.165, 1.54) is 23.9 Å². The summed E-state index contributed by atoms with van der Waals surface area (Å²) >= 11 is 4.89. The van der Waals surface area contributed by atoms with Crippen molar-refractivity contribution >= 4 is 56.2 Å². The average Bonchev–Trinajstić information content (AvgIpc) is 2.98. The number of hydrogen-bond donors (Lipinski definition) is 1. The summed E-state index contributed by atoms with van der Waals surface area (Å²) in [6.45, 7) is 6.09. The maximum absolute atomic E-state index is 13.0. The fourth-order valence-corrected chi connectivity index (χ4v) is 4.19. The molecular weight excluding hydrogens is 429 g/mol. The predicted octanol–water partition coefficient (Wildman–Crippen LogP) is 5.33. The van der Waals surface area contributed by atoms with Crippen LogP contribution in [0.2, 0.25) is 0 Å². The van der Waals surface area contributed by atoms with E-state index < -0.39 is 0 Å². The molecule has 3 rings (SSSR count). The fourth-order valence-electron chi connectivity index (χ4n) is 2.70. The lowest BCUT2D eigenvalue weighted by atomic mass is 10.1. The minimum absolute atomic E-state index is 0.190. The van der Waals surface area contributed by atoms with Gasteiger partial charge in [-0.2, -0.15) is 0 Å². The normalized spacial score (nSPS) is 16.8. The first-order chi connectivity index (χ1) is 13.0. The highest BCUT2D eigenvalue weighted by Gasteiger charge is 2.24. The number of thioether (sulfide) groups is 1. The van der Waals surface area contributed by atoms with Crippen LogP contribution in [-0.2, 0) is 4.79 Å². The standard InChI is InChI=1S/C20H19BrFN3OS/c1-3-25(4-2)17-10-5-13(11-16(17)21)12-18-19(26)24-20(27-18)23-15-8-6-14(22)7-9-15/h5-12H,3-4H2,1-2H3,(H,23,24,26)/b18-12+. The number of nitrogens with zero attached hydrogens (tertiary/aromatic N) is 2. The molecule has 2 aromatic carbocycles. The van der Waals surface area contributed by atoms with Crippen molar-refractivity contribution in [1.29, 1.82) is 0 Å². The van der Waals surface area contributed by atoms with Gasteiger partial charge in [-0.15, -0.1) is 0 Å². The maximum atomic E-state index is 13.0. The molecule has 0 atom stereocenters. The van der Waals surface area contributed by atoms with Crippen LogP contribution in [0.3, 0.4) is 0 Å². The number of nitrogens with one attached hydrogen (secondary N) is 1. The third kappa shape index (κ3) is 4.78. The van der Waals surface area contributed by atoms with Gasteiger partial charge in [0.25, 0.3) is 5.91 Å². The molecule has 27 heavy (non-hydrogen) atoms. The van der Waals surface area contributed by atoms with Crippen molar-refractivity contribution in [3.8, 4) is 0 Å². The summed E-state index contributed by atoms with van der Waals surface area (Å²) in [5.74, 6) is -0.508. The molecule has 1 aliphatic rings. The second-order valence-electron chi connectivity index (χ2n) is 5.84. The van der Waals surface area contributed by atoms with Crippen molar-refractivity contribution in [3.05, 3.63) is 63.2 Å². The van der Waals surface area contributed by atoms with Gasteiger partial charge in [0, 0.05) is 17.6 Å². The number of aliphatic imine (C=N–C) groups is 1. The highest BCUT2D eigenvalue weighted by atomic mass is 79.9. The molecule has 1 fully saturated rings. The zero-order valence-electron chi connectivity index (χ0n) is 15.0. The van der Waals surface area contributed by atoms with Gasteiger partial charge in [0.15, 0.2) is 5.17 Å². The van der Waals surface area contributed by atoms with Gasteiger partial charge in [0.1, 0.15) is 5.82 Å². The molecule has 1 heterocycles. The number of benzene rings is 2. The van der Waals surface area contributed by atoms with Gasteiger partial charge in [-0.3, -0.25) is 4.79 Å². The topological polar surface area (TPSA) is 44.7 Å². The first kappa shape index (κ1) is 19.6. The molecule has 4 nitrogen and oxygen atoms in total. The summed E-state index contributed by atoms with van der Waals surface area (Å²) in [6.07, 6.45) is 1.84. The molecule has 140 valence electrons. The molecule has 0 spiro atoms. The van der Waals surface area contributed by atoms with Crippen molar-refractivity contribution in [1.82, 2.24) is 5.32 Å². The molecule has 2 aromatic rings. The Labute approximate surface area is 170 Å². The second kappa shape index (κ2) is 8.71. The van der Waals surface area contributed by atoms with Crippen molar-refractivity contribution in [2.24, 2.45) is 4.99 Å². The molecule has 0 bridgehead atoms. The number of halogens is 2. The summed E-state index contributed by atoms with van der Waals surface area (Å²) in [7, 11) is 0. The molecular formula is C20H19BrFN3OS. The van der Waals surface area contributed by atoms with E-state index >= 15 is 0 Å². The molecule has 0 saturated carbocycles. The number of amides is 1. The number of amidine groups is 1. The second-order valence-corrected chi connectivity index (χ2v) is 7.73. The average molecular weight is 448 g/mol. The van der Waals surface area contributed by atoms with E-state index in [0.717, 1.165) is 28.8 Å². The lowest BCUT2D eigenvalue weighted by Crippen LogP contribution is -2.22. The van der Waals surface area contributed by atoms with Crippen LogP contribution in [0.1, 0.15) is 19.4 Å². The minimum Gasteiger partial charge on any atom is -0.371 e. The van der Waals surface area contributed by atoms with Gasteiger partial charge < -0.3 is 10.2 Å². The molecule has 0 aromatic heterocycles. The molecule has 0 unspecified atom stereocenters. The summed E-state index contributed by atoms with van der Waals surface area (Å²) in [4.78, 5) is 19.4. The van der Waals surface area contributed by atoms with Gasteiger partial charge in [-0.1, -0.05) is 6.07 Å². The van der Waals surface area contributed by atoms with E-state index in [0.29, 0.717) is 15.8 Å². The van der Waals surface area contributed by atoms with Crippen LogP contribution in [0, 0.1) is 5.82 Å². The highest BCUT2D eigenvalue weighted by Crippen LogP contribution is 2.31. The van der Waals surface area contributed by atoms with Crippen molar-refractivity contribution in [2.75, 3.05) is 18.0 Å². The molecule has 7 heteroatoms. The van der Waals surface area contributed by atoms with E-state index in [4.69, 9.17) is 0 Å². The Balaban J connectivity index is 1.80. The Morgan fingerprint density at radius 3 is 2.52 bits per heavy atom. The van der Waals surface area contributed by atoms with E-state index in [2.05, 4.69) is 51.1 Å². The van der Waals surface area contributed by atoms with Crippen LogP contribution in [0.25, 0.3) is 6.08 Å². The van der Waals surface area contributed by atoms with Crippen LogP contribution in [0.4, 0.5) is 15.8 Å². The van der Waals surface area contributed by atoms with Crippen molar-refractivity contribution in [2.45, 2.75) is 13.8 Å². The van der Waals surface area contributed by atoms with Crippen molar-refractivity contribution in [3.63, 3.8) is 0 Å². The van der Waals surface area contributed by atoms with E-state index in [-0.39, 0.29) is 11.7 Å². The molecule has 1 N–H and O–H groups in total. The Kier molecular flexibility index (Phi) is 6.34. The molecule has 0 radical (unpaired) electrons. The van der Waals surface area contributed by atoms with E-state index in [9.17, 15) is 9.18 Å². The van der Waals surface area contributed by atoms with Gasteiger partial charge in [0.05, 0.1) is 16.3 Å². The molecule has 1 saturated heterocycles. The van der Waals surface area contributed by atoms with Crippen LogP contribution >= 0.6 is 27.7 Å². The summed E-state index contributed by atoms with van der Waals surface area (Å²) < 4.78 is 14.0. The summed E-state index contributed by atoms with van der Waals surface area (Å²) in [6, 6.07) is 11.9. The number of carbonyl (C=O) groups excluding carboxylic acids is 1.